The summed E-state index contributed by atoms with van der Waals surface area (Å²) in [4.78, 5) is 36.4. The quantitative estimate of drug-likeness (QED) is 0.461. The van der Waals surface area contributed by atoms with Gasteiger partial charge in [0.1, 0.15) is 6.61 Å². The number of carboxylic acid groups (broad SMARTS) is 1. The molecular weight excluding hydrogens is 370 g/mol. The van der Waals surface area contributed by atoms with Crippen molar-refractivity contribution >= 4 is 29.3 Å². The maximum Gasteiger partial charge on any atom is 0.329 e. The van der Waals surface area contributed by atoms with Gasteiger partial charge in [0.15, 0.2) is 5.78 Å². The number of carbonyl (C=O) groups excluding carboxylic acids is 2. The molecule has 7 heteroatoms. The van der Waals surface area contributed by atoms with Crippen LogP contribution in [0.15, 0.2) is 36.4 Å². The second-order valence-electron chi connectivity index (χ2n) is 6.48. The Morgan fingerprint density at radius 3 is 2.89 bits per heavy atom. The summed E-state index contributed by atoms with van der Waals surface area (Å²) < 4.78 is 4.99. The lowest BCUT2D eigenvalue weighted by Crippen LogP contribution is -2.33. The highest BCUT2D eigenvalue weighted by molar-refractivity contribution is 6.30. The largest absolute Gasteiger partial charge is 0.480 e. The molecule has 0 saturated carbocycles. The molecule has 1 N–H and O–H groups in total. The van der Waals surface area contributed by atoms with Gasteiger partial charge in [-0.05, 0) is 43.0 Å². The maximum atomic E-state index is 12.2. The van der Waals surface area contributed by atoms with Crippen molar-refractivity contribution in [2.24, 2.45) is 0 Å². The zero-order valence-corrected chi connectivity index (χ0v) is 15.9. The molecular formula is C20H24ClNO5. The maximum absolute atomic E-state index is 12.2. The molecule has 1 unspecified atom stereocenters. The summed E-state index contributed by atoms with van der Waals surface area (Å²) in [6.45, 7) is 0.627. The van der Waals surface area contributed by atoms with Crippen LogP contribution in [0, 0.1) is 0 Å². The number of ether oxygens (including phenoxy) is 1. The average molecular weight is 394 g/mol. The number of carboxylic acids is 1. The fraction of sp³-hybridized carbons (Fsp3) is 0.450. The van der Waals surface area contributed by atoms with Gasteiger partial charge in [0.2, 0.25) is 5.91 Å². The van der Waals surface area contributed by atoms with E-state index in [4.69, 9.17) is 21.4 Å². The van der Waals surface area contributed by atoms with E-state index in [-0.39, 0.29) is 30.8 Å². The highest BCUT2D eigenvalue weighted by atomic mass is 35.5. The lowest BCUT2D eigenvalue weighted by atomic mass is 10.1. The number of nitrogens with zero attached hydrogens (tertiary/aromatic N) is 1. The number of benzene rings is 1. The molecule has 1 aromatic carbocycles. The van der Waals surface area contributed by atoms with Crippen molar-refractivity contribution in [1.82, 2.24) is 4.90 Å². The molecule has 1 aliphatic rings. The average Bonchev–Trinajstić information content (AvgIpc) is 2.96. The zero-order chi connectivity index (χ0) is 19.6. The molecule has 0 bridgehead atoms. The van der Waals surface area contributed by atoms with Gasteiger partial charge >= 0.3 is 5.97 Å². The standard InChI is InChI=1S/C20H24ClNO5/c21-16-5-3-4-15(12-16)13-18(23)8-6-17-7-9-19(24)22(17)10-1-2-11-27-14-20(25)26/h3-6,8,12,17H,1-2,7,9-11,13-14H2,(H,25,26)/b8-6+. The SMILES string of the molecule is O=C(O)COCCCCN1C(=O)CCC1/C=C/C(=O)Cc1cccc(Cl)c1. The number of likely N-dealkylation sites (tertiary alicyclic amines) is 1. The number of amides is 1. The van der Waals surface area contributed by atoms with Crippen LogP contribution in [-0.2, 0) is 25.5 Å². The topological polar surface area (TPSA) is 83.9 Å². The molecule has 0 spiro atoms. The van der Waals surface area contributed by atoms with Crippen LogP contribution in [0.4, 0.5) is 0 Å². The van der Waals surface area contributed by atoms with Crippen molar-refractivity contribution in [3.8, 4) is 0 Å². The fourth-order valence-corrected chi connectivity index (χ4v) is 3.23. The highest BCUT2D eigenvalue weighted by Gasteiger charge is 2.28. The van der Waals surface area contributed by atoms with Crippen LogP contribution >= 0.6 is 11.6 Å². The minimum absolute atomic E-state index is 0.0290. The molecule has 27 heavy (non-hydrogen) atoms. The number of unbranched alkanes of at least 4 members (excludes halogenated alkanes) is 1. The van der Waals surface area contributed by atoms with Gasteiger partial charge in [-0.2, -0.15) is 0 Å². The van der Waals surface area contributed by atoms with E-state index in [9.17, 15) is 14.4 Å². The van der Waals surface area contributed by atoms with Gasteiger partial charge in [0.05, 0.1) is 6.04 Å². The number of rotatable bonds is 11. The van der Waals surface area contributed by atoms with Gasteiger partial charge < -0.3 is 14.7 Å². The molecule has 1 fully saturated rings. The van der Waals surface area contributed by atoms with Crippen molar-refractivity contribution in [1.29, 1.82) is 0 Å². The Hall–Kier alpha value is -2.18. The van der Waals surface area contributed by atoms with E-state index in [2.05, 4.69) is 0 Å². The minimum atomic E-state index is -0.989. The molecule has 6 nitrogen and oxygen atoms in total. The Kier molecular flexibility index (Phi) is 8.48. The first-order valence-electron chi connectivity index (χ1n) is 9.00. The predicted molar refractivity (Wildman–Crippen MR) is 102 cm³/mol. The van der Waals surface area contributed by atoms with Gasteiger partial charge in [0, 0.05) is 31.0 Å². The number of allylic oxidation sites excluding steroid dienone is 1. The molecule has 1 aromatic rings. The van der Waals surface area contributed by atoms with E-state index >= 15 is 0 Å². The Morgan fingerprint density at radius 1 is 1.33 bits per heavy atom. The van der Waals surface area contributed by atoms with Crippen LogP contribution in [-0.4, -0.2) is 53.5 Å². The lowest BCUT2D eigenvalue weighted by Gasteiger charge is -2.22. The van der Waals surface area contributed by atoms with E-state index in [1.54, 1.807) is 29.2 Å². The molecule has 1 aliphatic heterocycles. The third-order valence-corrected chi connectivity index (χ3v) is 4.54. The molecule has 1 atom stereocenters. The summed E-state index contributed by atoms with van der Waals surface area (Å²) in [5, 5.41) is 9.10. The molecule has 1 amide bonds. The Labute approximate surface area is 163 Å². The number of halogens is 1. The fourth-order valence-electron chi connectivity index (χ4n) is 3.02. The normalized spacial score (nSPS) is 17.0. The minimum Gasteiger partial charge on any atom is -0.480 e. The summed E-state index contributed by atoms with van der Waals surface area (Å²) in [5.41, 5.74) is 0.859. The van der Waals surface area contributed by atoms with E-state index in [0.717, 1.165) is 12.0 Å². The molecule has 0 radical (unpaired) electrons. The summed E-state index contributed by atoms with van der Waals surface area (Å²) in [5.74, 6) is -0.936. The summed E-state index contributed by atoms with van der Waals surface area (Å²) in [6.07, 6.45) is 6.22. The van der Waals surface area contributed by atoms with Gasteiger partial charge in [-0.15, -0.1) is 0 Å². The highest BCUT2D eigenvalue weighted by Crippen LogP contribution is 2.20. The van der Waals surface area contributed by atoms with Crippen molar-refractivity contribution in [3.05, 3.63) is 47.0 Å². The molecule has 1 saturated heterocycles. The Morgan fingerprint density at radius 2 is 2.15 bits per heavy atom. The van der Waals surface area contributed by atoms with Gasteiger partial charge in [-0.3, -0.25) is 9.59 Å². The number of carbonyl (C=O) groups is 3. The Bertz CT molecular complexity index is 703. The summed E-state index contributed by atoms with van der Waals surface area (Å²) in [7, 11) is 0. The van der Waals surface area contributed by atoms with E-state index in [1.165, 1.54) is 0 Å². The van der Waals surface area contributed by atoms with Crippen LogP contribution in [0.25, 0.3) is 0 Å². The second kappa shape index (κ2) is 10.8. The molecule has 146 valence electrons. The van der Waals surface area contributed by atoms with Gasteiger partial charge in [0.25, 0.3) is 0 Å². The van der Waals surface area contributed by atoms with E-state index in [1.807, 2.05) is 12.1 Å². The predicted octanol–water partition coefficient (Wildman–Crippen LogP) is 2.88. The second-order valence-corrected chi connectivity index (χ2v) is 6.92. The Balaban J connectivity index is 1.77. The van der Waals surface area contributed by atoms with Crippen LogP contribution in [0.2, 0.25) is 5.02 Å². The zero-order valence-electron chi connectivity index (χ0n) is 15.1. The van der Waals surface area contributed by atoms with Crippen LogP contribution < -0.4 is 0 Å². The number of aliphatic carboxylic acids is 1. The van der Waals surface area contributed by atoms with Crippen LogP contribution in [0.5, 0.6) is 0 Å². The van der Waals surface area contributed by atoms with Crippen molar-refractivity contribution < 1.29 is 24.2 Å². The van der Waals surface area contributed by atoms with Crippen LogP contribution in [0.1, 0.15) is 31.2 Å². The number of hydrogen-bond donors (Lipinski definition) is 1. The first kappa shape index (κ1) is 21.1. The molecule has 0 aromatic heterocycles. The summed E-state index contributed by atoms with van der Waals surface area (Å²) in [6, 6.07) is 7.13. The van der Waals surface area contributed by atoms with Gasteiger partial charge in [-0.25, -0.2) is 4.79 Å². The van der Waals surface area contributed by atoms with Crippen molar-refractivity contribution in [2.45, 2.75) is 38.1 Å². The molecule has 2 rings (SSSR count). The van der Waals surface area contributed by atoms with Crippen molar-refractivity contribution in [2.75, 3.05) is 19.8 Å². The van der Waals surface area contributed by atoms with Gasteiger partial charge in [-0.1, -0.05) is 29.8 Å². The van der Waals surface area contributed by atoms with Crippen molar-refractivity contribution in [3.63, 3.8) is 0 Å². The van der Waals surface area contributed by atoms with E-state index < -0.39 is 5.97 Å². The number of ketones is 1. The lowest BCUT2D eigenvalue weighted by molar-refractivity contribution is -0.142. The third kappa shape index (κ3) is 7.53. The third-order valence-electron chi connectivity index (χ3n) is 4.31. The monoisotopic (exact) mass is 393 g/mol. The smallest absolute Gasteiger partial charge is 0.329 e. The van der Waals surface area contributed by atoms with Crippen LogP contribution in [0.3, 0.4) is 0 Å². The van der Waals surface area contributed by atoms with E-state index in [0.29, 0.717) is 37.4 Å². The number of hydrogen-bond acceptors (Lipinski definition) is 4. The first-order valence-corrected chi connectivity index (χ1v) is 9.38. The molecule has 1 heterocycles. The molecule has 0 aliphatic carbocycles. The summed E-state index contributed by atoms with van der Waals surface area (Å²) >= 11 is 5.93. The first-order chi connectivity index (χ1) is 13.0.